The summed E-state index contributed by atoms with van der Waals surface area (Å²) in [7, 11) is 1.06. The van der Waals surface area contributed by atoms with Crippen molar-refractivity contribution < 1.29 is 29.6 Å². The Bertz CT molecular complexity index is 475. The molecule has 0 spiro atoms. The maximum atomic E-state index is 10.9. The molecule has 2 atom stereocenters. The molecule has 0 aliphatic carbocycles. The maximum absolute atomic E-state index is 10.9. The van der Waals surface area contributed by atoms with Gasteiger partial charge >= 0.3 is 0 Å². The highest BCUT2D eigenvalue weighted by atomic mass is 16.6. The number of nitrogens with two attached hydrogens (primary N) is 1. The molecule has 18 heavy (non-hydrogen) atoms. The van der Waals surface area contributed by atoms with Crippen LogP contribution in [0.15, 0.2) is 18.2 Å². The van der Waals surface area contributed by atoms with Crippen molar-refractivity contribution in [1.82, 2.24) is 0 Å². The molecule has 0 fully saturated rings. The number of rotatable bonds is 5. The highest BCUT2D eigenvalue weighted by molar-refractivity contribution is 5.81. The average Bonchev–Trinajstić information content (AvgIpc) is 2.37. The van der Waals surface area contributed by atoms with Crippen LogP contribution >= 0.6 is 0 Å². The van der Waals surface area contributed by atoms with Gasteiger partial charge in [-0.3, -0.25) is 9.59 Å². The molecule has 98 valence electrons. The lowest BCUT2D eigenvalue weighted by Gasteiger charge is -2.30. The van der Waals surface area contributed by atoms with E-state index in [0.29, 0.717) is 6.29 Å². The molecule has 0 heterocycles. The highest BCUT2D eigenvalue weighted by Crippen LogP contribution is 2.29. The van der Waals surface area contributed by atoms with Gasteiger partial charge in [-0.15, -0.1) is 0 Å². The van der Waals surface area contributed by atoms with E-state index in [0.717, 1.165) is 19.2 Å². The highest BCUT2D eigenvalue weighted by Gasteiger charge is 2.41. The van der Waals surface area contributed by atoms with E-state index in [-0.39, 0.29) is 16.9 Å². The molecule has 0 radical (unpaired) electrons. The Balaban J connectivity index is 3.32. The fourth-order valence-electron chi connectivity index (χ4n) is 1.45. The number of primary amides is 1. The van der Waals surface area contributed by atoms with Crippen LogP contribution in [0.1, 0.15) is 15.9 Å². The van der Waals surface area contributed by atoms with Crippen LogP contribution in [-0.2, 0) is 15.3 Å². The third-order valence-electron chi connectivity index (χ3n) is 2.52. The Morgan fingerprint density at radius 2 is 2.17 bits per heavy atom. The number of carbonyl (C=O) groups is 2. The minimum atomic E-state index is -2.39. The summed E-state index contributed by atoms with van der Waals surface area (Å²) in [6.45, 7) is 0. The summed E-state index contributed by atoms with van der Waals surface area (Å²) >= 11 is 0. The number of aromatic hydroxyl groups is 1. The predicted octanol–water partition coefficient (Wildman–Crippen LogP) is -1.16. The van der Waals surface area contributed by atoms with Crippen molar-refractivity contribution in [2.75, 3.05) is 7.11 Å². The summed E-state index contributed by atoms with van der Waals surface area (Å²) < 4.78 is 4.69. The molecule has 0 bridgehead atoms. The lowest BCUT2D eigenvalue weighted by atomic mass is 9.97. The van der Waals surface area contributed by atoms with Gasteiger partial charge in [-0.05, 0) is 18.2 Å². The first kappa shape index (κ1) is 14.1. The lowest BCUT2D eigenvalue weighted by molar-refractivity contribution is -0.246. The van der Waals surface area contributed by atoms with Crippen molar-refractivity contribution in [1.29, 1.82) is 0 Å². The molecule has 7 nitrogen and oxygen atoms in total. The lowest BCUT2D eigenvalue weighted by Crippen LogP contribution is -2.49. The van der Waals surface area contributed by atoms with Crippen molar-refractivity contribution in [2.24, 2.45) is 5.73 Å². The van der Waals surface area contributed by atoms with Crippen LogP contribution in [0.2, 0.25) is 0 Å². The van der Waals surface area contributed by atoms with E-state index in [1.54, 1.807) is 0 Å². The van der Waals surface area contributed by atoms with Gasteiger partial charge in [0.15, 0.2) is 12.4 Å². The summed E-state index contributed by atoms with van der Waals surface area (Å²) in [5.41, 5.74) is 4.68. The Hall–Kier alpha value is -1.96. The normalized spacial score (nSPS) is 15.7. The van der Waals surface area contributed by atoms with Crippen molar-refractivity contribution in [2.45, 2.75) is 11.9 Å². The second-order valence-corrected chi connectivity index (χ2v) is 3.60. The molecule has 1 rings (SSSR count). The minimum Gasteiger partial charge on any atom is -0.507 e. The van der Waals surface area contributed by atoms with Crippen molar-refractivity contribution in [3.63, 3.8) is 0 Å². The van der Waals surface area contributed by atoms with E-state index in [1.807, 2.05) is 0 Å². The Morgan fingerprint density at radius 1 is 1.56 bits per heavy atom. The number of aldehydes is 1. The van der Waals surface area contributed by atoms with E-state index >= 15 is 0 Å². The predicted molar refractivity (Wildman–Crippen MR) is 59.6 cm³/mol. The standard InChI is InChI=1S/C11H13NO6/c1-18-11(17,9(15)10(12)16)7-2-3-8(14)6(4-7)5-13/h2-5,9,14-15,17H,1H3,(H2,12,16). The maximum Gasteiger partial charge on any atom is 0.252 e. The molecule has 1 aromatic rings. The van der Waals surface area contributed by atoms with E-state index in [2.05, 4.69) is 0 Å². The average molecular weight is 255 g/mol. The molecule has 7 heteroatoms. The molecule has 5 N–H and O–H groups in total. The van der Waals surface area contributed by atoms with Gasteiger partial charge in [0.05, 0.1) is 5.56 Å². The minimum absolute atomic E-state index is 0.0869. The number of phenols is 1. The number of carbonyl (C=O) groups excluding carboxylic acids is 2. The van der Waals surface area contributed by atoms with Gasteiger partial charge < -0.3 is 25.8 Å². The zero-order chi connectivity index (χ0) is 13.9. The third-order valence-corrected chi connectivity index (χ3v) is 2.52. The molecule has 0 aliphatic heterocycles. The zero-order valence-electron chi connectivity index (χ0n) is 9.53. The number of hydrogen-bond donors (Lipinski definition) is 4. The van der Waals surface area contributed by atoms with Gasteiger partial charge in [0, 0.05) is 12.7 Å². The first-order chi connectivity index (χ1) is 8.36. The van der Waals surface area contributed by atoms with Gasteiger partial charge in [0.2, 0.25) is 5.79 Å². The van der Waals surface area contributed by atoms with Gasteiger partial charge in [-0.1, -0.05) is 0 Å². The molecule has 2 unspecified atom stereocenters. The van der Waals surface area contributed by atoms with Crippen LogP contribution in [0.4, 0.5) is 0 Å². The van der Waals surface area contributed by atoms with Gasteiger partial charge in [-0.25, -0.2) is 0 Å². The van der Waals surface area contributed by atoms with E-state index < -0.39 is 17.8 Å². The number of benzene rings is 1. The summed E-state index contributed by atoms with van der Waals surface area (Å²) in [6, 6.07) is 3.40. The number of hydrogen-bond acceptors (Lipinski definition) is 6. The number of ether oxygens (including phenoxy) is 1. The summed E-state index contributed by atoms with van der Waals surface area (Å²) in [5.74, 6) is -3.89. The van der Waals surface area contributed by atoms with Gasteiger partial charge in [0.25, 0.3) is 5.91 Å². The van der Waals surface area contributed by atoms with E-state index in [4.69, 9.17) is 10.5 Å². The number of amides is 1. The van der Waals surface area contributed by atoms with Gasteiger partial charge in [-0.2, -0.15) is 0 Å². The Kier molecular flexibility index (Phi) is 4.02. The van der Waals surface area contributed by atoms with Gasteiger partial charge in [0.1, 0.15) is 5.75 Å². The topological polar surface area (TPSA) is 130 Å². The van der Waals surface area contributed by atoms with Crippen LogP contribution in [-0.4, -0.2) is 40.7 Å². The largest absolute Gasteiger partial charge is 0.507 e. The molecule has 0 aromatic heterocycles. The molecule has 0 aliphatic rings. The van der Waals surface area contributed by atoms with Crippen LogP contribution in [0, 0.1) is 0 Å². The van der Waals surface area contributed by atoms with Crippen molar-refractivity contribution in [3.8, 4) is 5.75 Å². The molecule has 0 saturated heterocycles. The number of methoxy groups -OCH3 is 1. The van der Waals surface area contributed by atoms with Crippen LogP contribution in [0.3, 0.4) is 0 Å². The summed E-state index contributed by atoms with van der Waals surface area (Å²) in [4.78, 5) is 21.6. The SMILES string of the molecule is COC(O)(c1ccc(O)c(C=O)c1)C(O)C(N)=O. The Labute approximate surface area is 102 Å². The number of aliphatic hydroxyl groups excluding tert-OH is 1. The molecule has 1 aromatic carbocycles. The van der Waals surface area contributed by atoms with Crippen LogP contribution in [0.25, 0.3) is 0 Å². The second kappa shape index (κ2) is 5.13. The van der Waals surface area contributed by atoms with Crippen molar-refractivity contribution >= 4 is 12.2 Å². The number of aliphatic hydroxyl groups is 2. The molecular weight excluding hydrogens is 242 g/mol. The molecular formula is C11H13NO6. The van der Waals surface area contributed by atoms with Crippen LogP contribution in [0.5, 0.6) is 5.75 Å². The first-order valence-electron chi connectivity index (χ1n) is 4.90. The first-order valence-corrected chi connectivity index (χ1v) is 4.90. The van der Waals surface area contributed by atoms with Crippen molar-refractivity contribution in [3.05, 3.63) is 29.3 Å². The van der Waals surface area contributed by atoms with E-state index in [9.17, 15) is 24.9 Å². The summed E-state index contributed by atoms with van der Waals surface area (Å²) in [6.07, 6.45) is -1.67. The molecule has 0 saturated carbocycles. The summed E-state index contributed by atoms with van der Waals surface area (Å²) in [5, 5.41) is 28.9. The number of phenolic OH excluding ortho intramolecular Hbond substituents is 1. The Morgan fingerprint density at radius 3 is 2.61 bits per heavy atom. The fraction of sp³-hybridized carbons (Fsp3) is 0.273. The second-order valence-electron chi connectivity index (χ2n) is 3.60. The monoisotopic (exact) mass is 255 g/mol. The van der Waals surface area contributed by atoms with Crippen LogP contribution < -0.4 is 5.73 Å². The van der Waals surface area contributed by atoms with E-state index in [1.165, 1.54) is 6.07 Å². The fourth-order valence-corrected chi connectivity index (χ4v) is 1.45. The molecule has 1 amide bonds. The zero-order valence-corrected chi connectivity index (χ0v) is 9.53. The smallest absolute Gasteiger partial charge is 0.252 e. The quantitative estimate of drug-likeness (QED) is 0.388. The third kappa shape index (κ3) is 2.33.